The van der Waals surface area contributed by atoms with Gasteiger partial charge in [-0.05, 0) is 43.8 Å². The summed E-state index contributed by atoms with van der Waals surface area (Å²) in [5, 5.41) is 2.54. The topological polar surface area (TPSA) is 83.5 Å². The van der Waals surface area contributed by atoms with Crippen LogP contribution in [0.4, 0.5) is 11.5 Å². The highest BCUT2D eigenvalue weighted by Gasteiger charge is 2.32. The lowest BCUT2D eigenvalue weighted by Crippen LogP contribution is -2.49. The lowest BCUT2D eigenvalue weighted by Gasteiger charge is -2.38. The van der Waals surface area contributed by atoms with Crippen molar-refractivity contribution in [3.63, 3.8) is 0 Å². The first-order valence-corrected chi connectivity index (χ1v) is 15.6. The molecule has 0 saturated carbocycles. The Labute approximate surface area is 260 Å². The van der Waals surface area contributed by atoms with Crippen LogP contribution in [0.3, 0.4) is 0 Å². The maximum absolute atomic E-state index is 12.7. The van der Waals surface area contributed by atoms with Gasteiger partial charge in [0.15, 0.2) is 0 Å². The molecular formula is C34H44N6O4. The lowest BCUT2D eigenvalue weighted by molar-refractivity contribution is -0.126. The largest absolute Gasteiger partial charge is 0.462 e. The molecule has 3 aromatic rings. The van der Waals surface area contributed by atoms with E-state index < -0.39 is 0 Å². The maximum Gasteiger partial charge on any atom is 0.318 e. The van der Waals surface area contributed by atoms with E-state index in [-0.39, 0.29) is 18.1 Å². The van der Waals surface area contributed by atoms with Gasteiger partial charge in [-0.25, -0.2) is 0 Å². The first kappa shape index (κ1) is 30.3. The Morgan fingerprint density at radius 3 is 2.57 bits per heavy atom. The van der Waals surface area contributed by atoms with E-state index >= 15 is 0 Å². The number of benzene rings is 2. The van der Waals surface area contributed by atoms with Crippen LogP contribution in [-0.4, -0.2) is 112 Å². The monoisotopic (exact) mass is 600 g/mol. The summed E-state index contributed by atoms with van der Waals surface area (Å²) in [4.78, 5) is 31.6. The van der Waals surface area contributed by atoms with Gasteiger partial charge >= 0.3 is 6.01 Å². The predicted molar refractivity (Wildman–Crippen MR) is 173 cm³/mol. The molecule has 2 aromatic carbocycles. The zero-order valence-corrected chi connectivity index (χ0v) is 26.4. The summed E-state index contributed by atoms with van der Waals surface area (Å²) in [5.74, 6) is 0.960. The molecule has 234 valence electrons. The number of piperazine rings is 1. The maximum atomic E-state index is 12.7. The van der Waals surface area contributed by atoms with Crippen LogP contribution >= 0.6 is 0 Å². The third-order valence-corrected chi connectivity index (χ3v) is 9.26. The van der Waals surface area contributed by atoms with E-state index in [2.05, 4.69) is 65.1 Å². The number of likely N-dealkylation sites (tertiary alicyclic amines) is 1. The Morgan fingerprint density at radius 2 is 1.82 bits per heavy atom. The molecule has 2 fully saturated rings. The summed E-state index contributed by atoms with van der Waals surface area (Å²) in [6.07, 6.45) is 5.35. The summed E-state index contributed by atoms with van der Waals surface area (Å²) in [6, 6.07) is 13.7. The van der Waals surface area contributed by atoms with E-state index in [1.54, 1.807) is 26.4 Å². The molecule has 3 aliphatic rings. The van der Waals surface area contributed by atoms with Crippen LogP contribution in [0.25, 0.3) is 10.8 Å². The summed E-state index contributed by atoms with van der Waals surface area (Å²) in [7, 11) is 5.51. The first-order chi connectivity index (χ1) is 21.4. The second-order valence-corrected chi connectivity index (χ2v) is 12.0. The molecule has 0 radical (unpaired) electrons. The minimum atomic E-state index is 0.0199. The van der Waals surface area contributed by atoms with Crippen molar-refractivity contribution in [3.05, 3.63) is 65.4 Å². The van der Waals surface area contributed by atoms with Gasteiger partial charge < -0.3 is 28.9 Å². The molecule has 2 atom stereocenters. The molecule has 0 spiro atoms. The quantitative estimate of drug-likeness (QED) is 0.343. The highest BCUT2D eigenvalue weighted by molar-refractivity contribution is 5.97. The van der Waals surface area contributed by atoms with Gasteiger partial charge in [0, 0.05) is 82.2 Å². The van der Waals surface area contributed by atoms with Crippen LogP contribution in [0.1, 0.15) is 23.2 Å². The minimum Gasteiger partial charge on any atom is -0.462 e. The predicted octanol–water partition coefficient (Wildman–Crippen LogP) is 3.45. The van der Waals surface area contributed by atoms with Crippen LogP contribution in [-0.2, 0) is 27.2 Å². The van der Waals surface area contributed by atoms with Crippen molar-refractivity contribution < 1.29 is 19.0 Å². The van der Waals surface area contributed by atoms with Gasteiger partial charge in [0.25, 0.3) is 0 Å². The fourth-order valence-electron chi connectivity index (χ4n) is 6.74. The van der Waals surface area contributed by atoms with Gasteiger partial charge in [-0.3, -0.25) is 9.69 Å². The van der Waals surface area contributed by atoms with Crippen LogP contribution < -0.4 is 14.5 Å². The summed E-state index contributed by atoms with van der Waals surface area (Å²) >= 11 is 0. The molecular weight excluding hydrogens is 556 g/mol. The normalized spacial score (nSPS) is 21.0. The van der Waals surface area contributed by atoms with E-state index in [4.69, 9.17) is 24.2 Å². The number of aryl methyl sites for hydroxylation is 1. The number of anilines is 2. The SMILES string of the molecule is COC/C=C/C(=O)N1CCN(c2nc(OC[C@H]3C[C@@H](OC)CN3C)nc3c2CCN(c2cccc4cccc(C)c24)C3)CC1. The Bertz CT molecular complexity index is 1500. The number of likely N-dealkylation sites (N-methyl/N-ethyl adjacent to an activating group) is 1. The zero-order chi connectivity index (χ0) is 30.6. The number of nitrogens with zero attached hydrogens (tertiary/aromatic N) is 6. The van der Waals surface area contributed by atoms with Crippen molar-refractivity contribution in [3.8, 4) is 6.01 Å². The van der Waals surface area contributed by atoms with E-state index in [0.717, 1.165) is 37.4 Å². The zero-order valence-electron chi connectivity index (χ0n) is 26.4. The number of carbonyl (C=O) groups is 1. The number of aromatic nitrogens is 2. The molecule has 1 amide bonds. The van der Waals surface area contributed by atoms with Gasteiger partial charge in [0.05, 0.1) is 24.9 Å². The van der Waals surface area contributed by atoms with Crippen molar-refractivity contribution in [1.29, 1.82) is 0 Å². The van der Waals surface area contributed by atoms with Crippen molar-refractivity contribution in [1.82, 2.24) is 19.8 Å². The van der Waals surface area contributed by atoms with E-state index in [1.165, 1.54) is 27.6 Å². The summed E-state index contributed by atoms with van der Waals surface area (Å²) in [5.41, 5.74) is 4.71. The number of amides is 1. The average Bonchev–Trinajstić information content (AvgIpc) is 3.42. The van der Waals surface area contributed by atoms with E-state index in [9.17, 15) is 4.79 Å². The number of fused-ring (bicyclic) bond motifs is 2. The number of ether oxygens (including phenoxy) is 3. The minimum absolute atomic E-state index is 0.0199. The number of carbonyl (C=O) groups excluding carboxylic acids is 1. The van der Waals surface area contributed by atoms with Gasteiger partial charge in [-0.2, -0.15) is 9.97 Å². The van der Waals surface area contributed by atoms with Crippen molar-refractivity contribution in [2.24, 2.45) is 0 Å². The number of rotatable bonds is 9. The van der Waals surface area contributed by atoms with Crippen LogP contribution in [0.15, 0.2) is 48.6 Å². The second-order valence-electron chi connectivity index (χ2n) is 12.0. The Balaban J connectivity index is 1.26. The molecule has 0 unspecified atom stereocenters. The van der Waals surface area contributed by atoms with Crippen molar-refractivity contribution in [2.75, 3.05) is 83.5 Å². The number of methoxy groups -OCH3 is 2. The molecule has 6 rings (SSSR count). The molecule has 0 N–H and O–H groups in total. The highest BCUT2D eigenvalue weighted by Crippen LogP contribution is 2.35. The van der Waals surface area contributed by atoms with Crippen LogP contribution in [0.5, 0.6) is 6.01 Å². The molecule has 0 bridgehead atoms. The van der Waals surface area contributed by atoms with Crippen molar-refractivity contribution in [2.45, 2.75) is 38.5 Å². The Kier molecular flexibility index (Phi) is 9.30. The molecule has 0 aliphatic carbocycles. The fraction of sp³-hybridized carbons (Fsp3) is 0.500. The third-order valence-electron chi connectivity index (χ3n) is 9.26. The van der Waals surface area contributed by atoms with Crippen molar-refractivity contribution >= 4 is 28.2 Å². The average molecular weight is 601 g/mol. The Hall–Kier alpha value is -3.73. The first-order valence-electron chi connectivity index (χ1n) is 15.6. The smallest absolute Gasteiger partial charge is 0.318 e. The highest BCUT2D eigenvalue weighted by atomic mass is 16.5. The van der Waals surface area contributed by atoms with Crippen LogP contribution in [0.2, 0.25) is 0 Å². The second kappa shape index (κ2) is 13.5. The molecule has 1 aromatic heterocycles. The molecule has 10 nitrogen and oxygen atoms in total. The molecule has 10 heteroatoms. The lowest BCUT2D eigenvalue weighted by atomic mass is 9.99. The van der Waals surface area contributed by atoms with Gasteiger partial charge in [0.2, 0.25) is 5.91 Å². The molecule has 4 heterocycles. The standard InChI is InChI=1S/C34H44N6O4/c1-24-8-5-9-25-10-6-11-30(32(24)25)40-14-13-28-29(22-40)35-34(44-23-26-20-27(43-4)21-37(26)2)36-33(28)39-17-15-38(16-18-39)31(41)12-7-19-42-3/h5-12,26-27H,13-23H2,1-4H3/b12-7+/t26-,27-/m1/s1. The summed E-state index contributed by atoms with van der Waals surface area (Å²) in [6.45, 7) is 8.27. The van der Waals surface area contributed by atoms with E-state index in [1.807, 2.05) is 4.90 Å². The van der Waals surface area contributed by atoms with Crippen LogP contribution in [0, 0.1) is 6.92 Å². The van der Waals surface area contributed by atoms with Gasteiger partial charge in [0.1, 0.15) is 12.4 Å². The summed E-state index contributed by atoms with van der Waals surface area (Å²) < 4.78 is 17.0. The van der Waals surface area contributed by atoms with Gasteiger partial charge in [-0.15, -0.1) is 0 Å². The molecule has 3 aliphatic heterocycles. The fourth-order valence-corrected chi connectivity index (χ4v) is 6.74. The van der Waals surface area contributed by atoms with E-state index in [0.29, 0.717) is 51.9 Å². The Morgan fingerprint density at radius 1 is 1.02 bits per heavy atom. The number of hydrogen-bond acceptors (Lipinski definition) is 9. The molecule has 2 saturated heterocycles. The van der Waals surface area contributed by atoms with Gasteiger partial charge in [-0.1, -0.05) is 36.4 Å². The number of hydrogen-bond donors (Lipinski definition) is 0. The molecule has 44 heavy (non-hydrogen) atoms. The third kappa shape index (κ3) is 6.38.